The van der Waals surface area contributed by atoms with E-state index in [4.69, 9.17) is 16.3 Å². The number of thioether (sulfide) groups is 1. The molecule has 1 amide bonds. The summed E-state index contributed by atoms with van der Waals surface area (Å²) >= 11 is 7.49. The summed E-state index contributed by atoms with van der Waals surface area (Å²) in [6.45, 7) is 0. The fraction of sp³-hybridized carbons (Fsp3) is 0.364. The first-order valence-corrected chi connectivity index (χ1v) is 6.57. The molecule has 0 aliphatic heterocycles. The van der Waals surface area contributed by atoms with Crippen LogP contribution >= 0.6 is 23.4 Å². The lowest BCUT2D eigenvalue weighted by atomic mass is 10.3. The molecule has 0 fully saturated rings. The standard InChI is InChI=1S/C11H14ClNO2S/c1-15-10-4-3-8(12)7-9(10)13-11(14)5-6-16-2/h3-4,7H,5-6H2,1-2H3,(H,13,14). The van der Waals surface area contributed by atoms with E-state index in [9.17, 15) is 4.79 Å². The van der Waals surface area contributed by atoms with Crippen LogP contribution in [-0.4, -0.2) is 25.0 Å². The molecule has 16 heavy (non-hydrogen) atoms. The number of ether oxygens (including phenoxy) is 1. The summed E-state index contributed by atoms with van der Waals surface area (Å²) in [5.74, 6) is 1.38. The molecule has 0 saturated heterocycles. The monoisotopic (exact) mass is 259 g/mol. The summed E-state index contributed by atoms with van der Waals surface area (Å²) in [6, 6.07) is 5.13. The molecule has 88 valence electrons. The highest BCUT2D eigenvalue weighted by molar-refractivity contribution is 7.98. The number of halogens is 1. The van der Waals surface area contributed by atoms with Gasteiger partial charge in [0.15, 0.2) is 0 Å². The van der Waals surface area contributed by atoms with Crippen LogP contribution in [0.15, 0.2) is 18.2 Å². The highest BCUT2D eigenvalue weighted by Gasteiger charge is 2.07. The number of rotatable bonds is 5. The molecular weight excluding hydrogens is 246 g/mol. The zero-order valence-corrected chi connectivity index (χ0v) is 10.8. The van der Waals surface area contributed by atoms with Gasteiger partial charge in [0, 0.05) is 17.2 Å². The first-order valence-electron chi connectivity index (χ1n) is 4.79. The van der Waals surface area contributed by atoms with E-state index in [1.165, 1.54) is 0 Å². The summed E-state index contributed by atoms with van der Waals surface area (Å²) in [4.78, 5) is 11.5. The second kappa shape index (κ2) is 6.66. The molecule has 0 saturated carbocycles. The predicted molar refractivity (Wildman–Crippen MR) is 69.6 cm³/mol. The summed E-state index contributed by atoms with van der Waals surface area (Å²) in [5, 5.41) is 3.35. The molecular formula is C11H14ClNO2S. The zero-order valence-electron chi connectivity index (χ0n) is 9.25. The quantitative estimate of drug-likeness (QED) is 0.883. The number of carbonyl (C=O) groups is 1. The molecule has 1 rings (SSSR count). The summed E-state index contributed by atoms with van der Waals surface area (Å²) in [6.07, 6.45) is 2.45. The van der Waals surface area contributed by atoms with E-state index in [1.54, 1.807) is 37.1 Å². The second-order valence-corrected chi connectivity index (χ2v) is 4.56. The minimum Gasteiger partial charge on any atom is -0.495 e. The second-order valence-electron chi connectivity index (χ2n) is 3.14. The molecule has 3 nitrogen and oxygen atoms in total. The summed E-state index contributed by atoms with van der Waals surface area (Å²) in [5.41, 5.74) is 0.612. The van der Waals surface area contributed by atoms with Crippen molar-refractivity contribution >= 4 is 35.0 Å². The Morgan fingerprint density at radius 2 is 2.31 bits per heavy atom. The van der Waals surface area contributed by atoms with Gasteiger partial charge in [-0.05, 0) is 24.5 Å². The SMILES string of the molecule is COc1ccc(Cl)cc1NC(=O)CCSC. The Labute approximate surface area is 105 Å². The maximum atomic E-state index is 11.5. The van der Waals surface area contributed by atoms with Gasteiger partial charge in [-0.2, -0.15) is 11.8 Å². The number of hydrogen-bond acceptors (Lipinski definition) is 3. The molecule has 0 atom stereocenters. The van der Waals surface area contributed by atoms with Crippen LogP contribution in [-0.2, 0) is 4.79 Å². The van der Waals surface area contributed by atoms with Crippen LogP contribution in [0.5, 0.6) is 5.75 Å². The number of anilines is 1. The Balaban J connectivity index is 2.71. The van der Waals surface area contributed by atoms with Crippen LogP contribution in [0.3, 0.4) is 0 Å². The fourth-order valence-corrected chi connectivity index (χ4v) is 1.75. The van der Waals surface area contributed by atoms with E-state index >= 15 is 0 Å². The van der Waals surface area contributed by atoms with Crippen molar-refractivity contribution in [2.24, 2.45) is 0 Å². The van der Waals surface area contributed by atoms with Crippen LogP contribution in [0, 0.1) is 0 Å². The number of benzene rings is 1. The summed E-state index contributed by atoms with van der Waals surface area (Å²) in [7, 11) is 1.56. The Morgan fingerprint density at radius 1 is 1.56 bits per heavy atom. The van der Waals surface area contributed by atoms with E-state index < -0.39 is 0 Å². The fourth-order valence-electron chi connectivity index (χ4n) is 1.19. The average molecular weight is 260 g/mol. The van der Waals surface area contributed by atoms with Crippen LogP contribution in [0.4, 0.5) is 5.69 Å². The molecule has 0 heterocycles. The largest absolute Gasteiger partial charge is 0.495 e. The predicted octanol–water partition coefficient (Wildman–Crippen LogP) is 3.04. The molecule has 0 bridgehead atoms. The van der Waals surface area contributed by atoms with Crippen molar-refractivity contribution in [1.29, 1.82) is 0 Å². The first kappa shape index (κ1) is 13.2. The van der Waals surface area contributed by atoms with Gasteiger partial charge in [0.2, 0.25) is 5.91 Å². The number of hydrogen-bond donors (Lipinski definition) is 1. The van der Waals surface area contributed by atoms with Crippen LogP contribution in [0.1, 0.15) is 6.42 Å². The Hall–Kier alpha value is -0.870. The van der Waals surface area contributed by atoms with Gasteiger partial charge < -0.3 is 10.1 Å². The third-order valence-corrected chi connectivity index (χ3v) is 2.82. The van der Waals surface area contributed by atoms with Gasteiger partial charge in [-0.3, -0.25) is 4.79 Å². The minimum absolute atomic E-state index is 0.0325. The minimum atomic E-state index is -0.0325. The highest BCUT2D eigenvalue weighted by Crippen LogP contribution is 2.27. The maximum absolute atomic E-state index is 11.5. The van der Waals surface area contributed by atoms with Gasteiger partial charge in [-0.15, -0.1) is 0 Å². The van der Waals surface area contributed by atoms with Gasteiger partial charge in [0.05, 0.1) is 12.8 Å². The smallest absolute Gasteiger partial charge is 0.225 e. The molecule has 0 radical (unpaired) electrons. The third kappa shape index (κ3) is 3.94. The lowest BCUT2D eigenvalue weighted by Crippen LogP contribution is -2.12. The van der Waals surface area contributed by atoms with Gasteiger partial charge in [-0.25, -0.2) is 0 Å². The lowest BCUT2D eigenvalue weighted by Gasteiger charge is -2.10. The van der Waals surface area contributed by atoms with E-state index in [0.29, 0.717) is 22.9 Å². The van der Waals surface area contributed by atoms with Gasteiger partial charge in [0.1, 0.15) is 5.75 Å². The van der Waals surface area contributed by atoms with Gasteiger partial charge in [0.25, 0.3) is 0 Å². The summed E-state index contributed by atoms with van der Waals surface area (Å²) < 4.78 is 5.13. The van der Waals surface area contributed by atoms with E-state index in [0.717, 1.165) is 5.75 Å². The number of methoxy groups -OCH3 is 1. The first-order chi connectivity index (χ1) is 7.67. The van der Waals surface area contributed by atoms with Crippen molar-refractivity contribution in [3.05, 3.63) is 23.2 Å². The van der Waals surface area contributed by atoms with Crippen molar-refractivity contribution in [2.45, 2.75) is 6.42 Å². The Bertz CT molecular complexity index is 371. The van der Waals surface area contributed by atoms with E-state index in [-0.39, 0.29) is 5.91 Å². The van der Waals surface area contributed by atoms with E-state index in [2.05, 4.69) is 5.32 Å². The molecule has 1 aromatic carbocycles. The Morgan fingerprint density at radius 3 is 2.94 bits per heavy atom. The molecule has 0 spiro atoms. The molecule has 0 unspecified atom stereocenters. The van der Waals surface area contributed by atoms with Crippen molar-refractivity contribution in [2.75, 3.05) is 24.4 Å². The van der Waals surface area contributed by atoms with Crippen LogP contribution in [0.2, 0.25) is 5.02 Å². The molecule has 5 heteroatoms. The van der Waals surface area contributed by atoms with Crippen molar-refractivity contribution < 1.29 is 9.53 Å². The number of carbonyl (C=O) groups excluding carboxylic acids is 1. The molecule has 0 aliphatic rings. The number of nitrogens with one attached hydrogen (secondary N) is 1. The average Bonchev–Trinajstić information content (AvgIpc) is 2.27. The van der Waals surface area contributed by atoms with E-state index in [1.807, 2.05) is 6.26 Å². The molecule has 1 N–H and O–H groups in total. The molecule has 0 aliphatic carbocycles. The van der Waals surface area contributed by atoms with Crippen molar-refractivity contribution in [3.8, 4) is 5.75 Å². The molecule has 1 aromatic rings. The Kier molecular flexibility index (Phi) is 5.49. The number of amides is 1. The molecule has 0 aromatic heterocycles. The van der Waals surface area contributed by atoms with Crippen LogP contribution < -0.4 is 10.1 Å². The van der Waals surface area contributed by atoms with Gasteiger partial charge in [-0.1, -0.05) is 11.6 Å². The van der Waals surface area contributed by atoms with Crippen molar-refractivity contribution in [3.63, 3.8) is 0 Å². The highest BCUT2D eigenvalue weighted by atomic mass is 35.5. The zero-order chi connectivity index (χ0) is 12.0. The third-order valence-electron chi connectivity index (χ3n) is 1.97. The van der Waals surface area contributed by atoms with Gasteiger partial charge >= 0.3 is 0 Å². The van der Waals surface area contributed by atoms with Crippen molar-refractivity contribution in [1.82, 2.24) is 0 Å². The lowest BCUT2D eigenvalue weighted by molar-refractivity contribution is -0.115. The normalized spacial score (nSPS) is 9.94. The topological polar surface area (TPSA) is 38.3 Å². The maximum Gasteiger partial charge on any atom is 0.225 e. The van der Waals surface area contributed by atoms with Crippen LogP contribution in [0.25, 0.3) is 0 Å².